The molecule has 3 rings (SSSR count). The third kappa shape index (κ3) is 3.81. The minimum atomic E-state index is -0.231. The minimum Gasteiger partial charge on any atom is -0.355 e. The molecule has 1 aliphatic carbocycles. The minimum absolute atomic E-state index is 0.00903. The van der Waals surface area contributed by atoms with E-state index in [4.69, 9.17) is 0 Å². The van der Waals surface area contributed by atoms with Gasteiger partial charge in [-0.3, -0.25) is 4.79 Å². The summed E-state index contributed by atoms with van der Waals surface area (Å²) in [6.07, 6.45) is 5.50. The van der Waals surface area contributed by atoms with Crippen LogP contribution in [0.3, 0.4) is 0 Å². The molecule has 1 aliphatic rings. The lowest BCUT2D eigenvalue weighted by molar-refractivity contribution is -0.121. The number of hydrogen-bond acceptors (Lipinski definition) is 2. The number of thiophene rings is 1. The van der Waals surface area contributed by atoms with Crippen LogP contribution in [0.25, 0.3) is 0 Å². The SMILES string of the molecule is O=C(CCc1ccccc1F)NCC1(c2ccsc2)CCCC1. The van der Waals surface area contributed by atoms with Gasteiger partial charge < -0.3 is 5.32 Å². The Morgan fingerprint density at radius 1 is 1.22 bits per heavy atom. The first-order valence-electron chi connectivity index (χ1n) is 8.22. The lowest BCUT2D eigenvalue weighted by Gasteiger charge is -2.28. The second kappa shape index (κ2) is 7.26. The molecule has 23 heavy (non-hydrogen) atoms. The van der Waals surface area contributed by atoms with Gasteiger partial charge in [-0.1, -0.05) is 31.0 Å². The number of benzene rings is 1. The Kier molecular flexibility index (Phi) is 5.11. The van der Waals surface area contributed by atoms with Crippen molar-refractivity contribution >= 4 is 17.2 Å². The van der Waals surface area contributed by atoms with Crippen molar-refractivity contribution in [2.24, 2.45) is 0 Å². The van der Waals surface area contributed by atoms with Crippen LogP contribution in [0.4, 0.5) is 4.39 Å². The van der Waals surface area contributed by atoms with Gasteiger partial charge in [-0.25, -0.2) is 4.39 Å². The Morgan fingerprint density at radius 2 is 2.00 bits per heavy atom. The topological polar surface area (TPSA) is 29.1 Å². The zero-order valence-corrected chi connectivity index (χ0v) is 14.0. The predicted molar refractivity (Wildman–Crippen MR) is 92.2 cm³/mol. The third-order valence-electron chi connectivity index (χ3n) is 4.90. The molecule has 1 amide bonds. The van der Waals surface area contributed by atoms with Crippen LogP contribution in [0.15, 0.2) is 41.1 Å². The molecular formula is C19H22FNOS. The predicted octanol–water partition coefficient (Wildman–Crippen LogP) is 4.45. The summed E-state index contributed by atoms with van der Waals surface area (Å²) in [6, 6.07) is 8.84. The van der Waals surface area contributed by atoms with Gasteiger partial charge in [0, 0.05) is 18.4 Å². The molecule has 0 aliphatic heterocycles. The van der Waals surface area contributed by atoms with Gasteiger partial charge >= 0.3 is 0 Å². The molecule has 1 N–H and O–H groups in total. The molecule has 122 valence electrons. The van der Waals surface area contributed by atoms with E-state index in [0.717, 1.165) is 12.8 Å². The standard InChI is InChI=1S/C19H22FNOS/c20-17-6-2-1-5-15(17)7-8-18(22)21-14-19(10-3-4-11-19)16-9-12-23-13-16/h1-2,5-6,9,12-13H,3-4,7-8,10-11,14H2,(H,21,22). The lowest BCUT2D eigenvalue weighted by Crippen LogP contribution is -2.38. The van der Waals surface area contributed by atoms with Gasteiger partial charge in [0.2, 0.25) is 5.91 Å². The van der Waals surface area contributed by atoms with Crippen LogP contribution in [0.5, 0.6) is 0 Å². The highest BCUT2D eigenvalue weighted by atomic mass is 32.1. The highest BCUT2D eigenvalue weighted by Gasteiger charge is 2.36. The van der Waals surface area contributed by atoms with Crippen LogP contribution in [-0.4, -0.2) is 12.5 Å². The Morgan fingerprint density at radius 3 is 2.70 bits per heavy atom. The van der Waals surface area contributed by atoms with Crippen molar-refractivity contribution in [3.05, 3.63) is 58.0 Å². The molecule has 2 aromatic rings. The van der Waals surface area contributed by atoms with E-state index in [9.17, 15) is 9.18 Å². The molecule has 2 nitrogen and oxygen atoms in total. The van der Waals surface area contributed by atoms with E-state index >= 15 is 0 Å². The Labute approximate surface area is 140 Å². The molecule has 1 aromatic heterocycles. The van der Waals surface area contributed by atoms with Crippen molar-refractivity contribution in [3.63, 3.8) is 0 Å². The quantitative estimate of drug-likeness (QED) is 0.832. The maximum Gasteiger partial charge on any atom is 0.220 e. The third-order valence-corrected chi connectivity index (χ3v) is 5.58. The average Bonchev–Trinajstić information content (AvgIpc) is 3.24. The summed E-state index contributed by atoms with van der Waals surface area (Å²) in [6.45, 7) is 0.694. The summed E-state index contributed by atoms with van der Waals surface area (Å²) < 4.78 is 13.6. The van der Waals surface area contributed by atoms with E-state index in [-0.39, 0.29) is 17.1 Å². The van der Waals surface area contributed by atoms with Gasteiger partial charge in [0.05, 0.1) is 0 Å². The van der Waals surface area contributed by atoms with Gasteiger partial charge in [-0.2, -0.15) is 11.3 Å². The van der Waals surface area contributed by atoms with Crippen molar-refractivity contribution in [1.29, 1.82) is 0 Å². The molecule has 4 heteroatoms. The zero-order chi connectivity index (χ0) is 16.1. The van der Waals surface area contributed by atoms with Crippen molar-refractivity contribution < 1.29 is 9.18 Å². The fraction of sp³-hybridized carbons (Fsp3) is 0.421. The van der Waals surface area contributed by atoms with Crippen LogP contribution in [0.2, 0.25) is 0 Å². The number of carbonyl (C=O) groups is 1. The molecule has 1 heterocycles. The van der Waals surface area contributed by atoms with E-state index in [1.54, 1.807) is 29.5 Å². The number of carbonyl (C=O) groups excluding carboxylic acids is 1. The molecule has 0 saturated heterocycles. The number of hydrogen-bond donors (Lipinski definition) is 1. The Bertz CT molecular complexity index is 647. The van der Waals surface area contributed by atoms with Crippen LogP contribution >= 0.6 is 11.3 Å². The number of aryl methyl sites for hydroxylation is 1. The molecule has 1 aromatic carbocycles. The van der Waals surface area contributed by atoms with Gasteiger partial charge in [-0.15, -0.1) is 0 Å². The van der Waals surface area contributed by atoms with E-state index in [1.165, 1.54) is 24.5 Å². The van der Waals surface area contributed by atoms with Crippen molar-refractivity contribution in [2.45, 2.75) is 43.9 Å². The van der Waals surface area contributed by atoms with Crippen LogP contribution < -0.4 is 5.32 Å². The monoisotopic (exact) mass is 331 g/mol. The Hall–Kier alpha value is -1.68. The van der Waals surface area contributed by atoms with Crippen molar-refractivity contribution in [1.82, 2.24) is 5.32 Å². The summed E-state index contributed by atoms with van der Waals surface area (Å²) in [5.41, 5.74) is 2.07. The molecule has 0 bridgehead atoms. The summed E-state index contributed by atoms with van der Waals surface area (Å²) in [5, 5.41) is 7.40. The van der Waals surface area contributed by atoms with E-state index in [2.05, 4.69) is 22.1 Å². The highest BCUT2D eigenvalue weighted by Crippen LogP contribution is 2.41. The second-order valence-electron chi connectivity index (χ2n) is 6.37. The van der Waals surface area contributed by atoms with Gasteiger partial charge in [0.25, 0.3) is 0 Å². The fourth-order valence-electron chi connectivity index (χ4n) is 3.49. The van der Waals surface area contributed by atoms with E-state index < -0.39 is 0 Å². The summed E-state index contributed by atoms with van der Waals surface area (Å²) in [7, 11) is 0. The van der Waals surface area contributed by atoms with Gasteiger partial charge in [0.15, 0.2) is 0 Å². The van der Waals surface area contributed by atoms with Crippen LogP contribution in [-0.2, 0) is 16.6 Å². The van der Waals surface area contributed by atoms with Crippen molar-refractivity contribution in [2.75, 3.05) is 6.54 Å². The lowest BCUT2D eigenvalue weighted by atomic mass is 9.80. The van der Waals surface area contributed by atoms with Crippen LogP contribution in [0.1, 0.15) is 43.2 Å². The molecule has 0 unspecified atom stereocenters. The first-order chi connectivity index (χ1) is 11.2. The average molecular weight is 331 g/mol. The molecule has 0 radical (unpaired) electrons. The van der Waals surface area contributed by atoms with E-state index in [1.807, 2.05) is 0 Å². The number of amides is 1. The van der Waals surface area contributed by atoms with Crippen LogP contribution in [0, 0.1) is 5.82 Å². The van der Waals surface area contributed by atoms with E-state index in [0.29, 0.717) is 24.9 Å². The first-order valence-corrected chi connectivity index (χ1v) is 9.17. The fourth-order valence-corrected chi connectivity index (χ4v) is 4.27. The Balaban J connectivity index is 1.55. The van der Waals surface area contributed by atoms with Gasteiger partial charge in [0.1, 0.15) is 5.82 Å². The first kappa shape index (κ1) is 16.2. The molecule has 0 atom stereocenters. The summed E-state index contributed by atoms with van der Waals surface area (Å²) >= 11 is 1.71. The number of halogens is 1. The van der Waals surface area contributed by atoms with Crippen molar-refractivity contribution in [3.8, 4) is 0 Å². The molecule has 1 saturated carbocycles. The maximum atomic E-state index is 13.6. The number of rotatable bonds is 6. The second-order valence-corrected chi connectivity index (χ2v) is 7.15. The highest BCUT2D eigenvalue weighted by molar-refractivity contribution is 7.08. The maximum absolute atomic E-state index is 13.6. The molecular weight excluding hydrogens is 309 g/mol. The molecule has 1 fully saturated rings. The van der Waals surface area contributed by atoms with Gasteiger partial charge in [-0.05, 0) is 53.3 Å². The largest absolute Gasteiger partial charge is 0.355 e. The zero-order valence-electron chi connectivity index (χ0n) is 13.2. The summed E-state index contributed by atoms with van der Waals surface area (Å²) in [5.74, 6) is -0.222. The smallest absolute Gasteiger partial charge is 0.220 e. The molecule has 0 spiro atoms. The number of nitrogens with one attached hydrogen (secondary N) is 1. The summed E-state index contributed by atoms with van der Waals surface area (Å²) in [4.78, 5) is 12.2. The normalized spacial score (nSPS) is 16.4.